The lowest BCUT2D eigenvalue weighted by molar-refractivity contribution is -0.137. The largest absolute Gasteiger partial charge is 0.464 e. The van der Waals surface area contributed by atoms with Gasteiger partial charge in [-0.05, 0) is 23.8 Å². The number of ether oxygens (including phenoxy) is 1. The number of nitrogens with one attached hydrogen (secondary N) is 1. The summed E-state index contributed by atoms with van der Waals surface area (Å²) in [6, 6.07) is 3.09. The number of hydrogen-bond donors (Lipinski definition) is 1. The molecule has 1 aromatic carbocycles. The highest BCUT2D eigenvalue weighted by molar-refractivity contribution is 5.97. The molecule has 0 aliphatic heterocycles. The third-order valence-corrected chi connectivity index (χ3v) is 1.97. The first-order chi connectivity index (χ1) is 8.43. The van der Waals surface area contributed by atoms with Crippen LogP contribution in [0.1, 0.15) is 12.5 Å². The van der Waals surface area contributed by atoms with E-state index in [4.69, 9.17) is 0 Å². The molecule has 0 radical (unpaired) electrons. The lowest BCUT2D eigenvalue weighted by Gasteiger charge is -2.06. The van der Waals surface area contributed by atoms with Crippen LogP contribution in [-0.4, -0.2) is 19.0 Å². The molecular weight excluding hydrogens is 244 g/mol. The van der Waals surface area contributed by atoms with Crippen molar-refractivity contribution in [3.8, 4) is 0 Å². The van der Waals surface area contributed by atoms with Gasteiger partial charge in [-0.25, -0.2) is 13.6 Å². The number of methoxy groups -OCH3 is 1. The lowest BCUT2D eigenvalue weighted by Crippen LogP contribution is -2.25. The fourth-order valence-electron chi connectivity index (χ4n) is 1.21. The van der Waals surface area contributed by atoms with Gasteiger partial charge in [0.25, 0.3) is 0 Å². The molecule has 0 bridgehead atoms. The summed E-state index contributed by atoms with van der Waals surface area (Å²) in [6.07, 6.45) is 1.19. The van der Waals surface area contributed by atoms with E-state index in [-0.39, 0.29) is 11.3 Å². The van der Waals surface area contributed by atoms with E-state index < -0.39 is 23.5 Å². The van der Waals surface area contributed by atoms with Crippen LogP contribution >= 0.6 is 0 Å². The summed E-state index contributed by atoms with van der Waals surface area (Å²) < 4.78 is 30.1. The minimum atomic E-state index is -1.05. The van der Waals surface area contributed by atoms with E-state index in [0.717, 1.165) is 19.2 Å². The van der Waals surface area contributed by atoms with Crippen molar-refractivity contribution in [2.45, 2.75) is 6.92 Å². The maximum atomic E-state index is 13.0. The average molecular weight is 255 g/mol. The number of hydrogen-bond acceptors (Lipinski definition) is 3. The van der Waals surface area contributed by atoms with Gasteiger partial charge in [0.2, 0.25) is 5.91 Å². The molecule has 96 valence electrons. The summed E-state index contributed by atoms with van der Waals surface area (Å²) in [6.45, 7) is 1.21. The summed E-state index contributed by atoms with van der Waals surface area (Å²) in [5.74, 6) is -3.30. The molecule has 0 atom stereocenters. The second-order valence-electron chi connectivity index (χ2n) is 3.40. The number of carbonyl (C=O) groups is 2. The number of carbonyl (C=O) groups excluding carboxylic acids is 2. The van der Waals surface area contributed by atoms with Gasteiger partial charge < -0.3 is 10.1 Å². The van der Waals surface area contributed by atoms with Gasteiger partial charge in [-0.2, -0.15) is 0 Å². The van der Waals surface area contributed by atoms with Crippen molar-refractivity contribution < 1.29 is 23.1 Å². The highest BCUT2D eigenvalue weighted by Crippen LogP contribution is 2.12. The topological polar surface area (TPSA) is 55.4 Å². The van der Waals surface area contributed by atoms with Crippen molar-refractivity contribution in [2.24, 2.45) is 0 Å². The second kappa shape index (κ2) is 5.90. The van der Waals surface area contributed by atoms with Crippen LogP contribution in [0.4, 0.5) is 8.78 Å². The van der Waals surface area contributed by atoms with Gasteiger partial charge in [-0.3, -0.25) is 4.79 Å². The summed E-state index contributed by atoms with van der Waals surface area (Å²) in [4.78, 5) is 22.2. The quantitative estimate of drug-likeness (QED) is 0.659. The highest BCUT2D eigenvalue weighted by Gasteiger charge is 2.11. The summed E-state index contributed by atoms with van der Waals surface area (Å²) in [5, 5.41) is 2.24. The molecule has 6 heteroatoms. The van der Waals surface area contributed by atoms with Crippen LogP contribution in [0.5, 0.6) is 0 Å². The van der Waals surface area contributed by atoms with Crippen molar-refractivity contribution in [1.29, 1.82) is 0 Å². The SMILES string of the molecule is COC(=O)C(=Cc1ccc(F)c(F)c1)NC(C)=O. The highest BCUT2D eigenvalue weighted by atomic mass is 19.2. The number of esters is 1. The molecule has 0 saturated heterocycles. The normalized spacial score (nSPS) is 11.0. The minimum absolute atomic E-state index is 0.156. The van der Waals surface area contributed by atoms with Crippen LogP contribution in [-0.2, 0) is 14.3 Å². The van der Waals surface area contributed by atoms with E-state index in [1.165, 1.54) is 19.1 Å². The maximum Gasteiger partial charge on any atom is 0.354 e. The number of amides is 1. The van der Waals surface area contributed by atoms with Gasteiger partial charge in [0.05, 0.1) is 7.11 Å². The molecule has 0 aromatic heterocycles. The van der Waals surface area contributed by atoms with E-state index in [1.807, 2.05) is 0 Å². The Morgan fingerprint density at radius 3 is 2.44 bits per heavy atom. The van der Waals surface area contributed by atoms with Crippen LogP contribution in [0.2, 0.25) is 0 Å². The summed E-state index contributed by atoms with van der Waals surface area (Å²) in [5.41, 5.74) is 0.0686. The Balaban J connectivity index is 3.10. The van der Waals surface area contributed by atoms with Gasteiger partial charge in [0.15, 0.2) is 11.6 Å². The maximum absolute atomic E-state index is 13.0. The molecule has 0 saturated carbocycles. The molecule has 1 amide bonds. The monoisotopic (exact) mass is 255 g/mol. The third-order valence-electron chi connectivity index (χ3n) is 1.97. The van der Waals surface area contributed by atoms with E-state index in [1.54, 1.807) is 0 Å². The zero-order valence-electron chi connectivity index (χ0n) is 9.79. The zero-order chi connectivity index (χ0) is 13.7. The molecular formula is C12H11F2NO3. The second-order valence-corrected chi connectivity index (χ2v) is 3.40. The first-order valence-corrected chi connectivity index (χ1v) is 4.96. The van der Waals surface area contributed by atoms with Crippen molar-refractivity contribution in [2.75, 3.05) is 7.11 Å². The van der Waals surface area contributed by atoms with Crippen LogP contribution in [0.3, 0.4) is 0 Å². The predicted molar refractivity (Wildman–Crippen MR) is 60.2 cm³/mol. The summed E-state index contributed by atoms with van der Waals surface area (Å²) in [7, 11) is 1.14. The van der Waals surface area contributed by atoms with E-state index in [9.17, 15) is 18.4 Å². The Morgan fingerprint density at radius 2 is 1.94 bits per heavy atom. The molecule has 18 heavy (non-hydrogen) atoms. The lowest BCUT2D eigenvalue weighted by atomic mass is 10.2. The van der Waals surface area contributed by atoms with Crippen LogP contribution in [0.15, 0.2) is 23.9 Å². The van der Waals surface area contributed by atoms with Crippen LogP contribution in [0.25, 0.3) is 6.08 Å². The van der Waals surface area contributed by atoms with E-state index in [0.29, 0.717) is 0 Å². The molecule has 0 heterocycles. The molecule has 1 aromatic rings. The third kappa shape index (κ3) is 3.65. The smallest absolute Gasteiger partial charge is 0.354 e. The Labute approximate surface area is 102 Å². The molecule has 1 N–H and O–H groups in total. The van der Waals surface area contributed by atoms with Crippen molar-refractivity contribution in [1.82, 2.24) is 5.32 Å². The average Bonchev–Trinajstić information content (AvgIpc) is 2.31. The summed E-state index contributed by atoms with van der Waals surface area (Å²) >= 11 is 0. The first-order valence-electron chi connectivity index (χ1n) is 4.96. The Morgan fingerprint density at radius 1 is 1.28 bits per heavy atom. The predicted octanol–water partition coefficient (Wildman–Crippen LogP) is 1.61. The minimum Gasteiger partial charge on any atom is -0.464 e. The Hall–Kier alpha value is -2.24. The molecule has 4 nitrogen and oxygen atoms in total. The first kappa shape index (κ1) is 13.8. The fraction of sp³-hybridized carbons (Fsp3) is 0.167. The molecule has 1 rings (SSSR count). The Bertz CT molecular complexity index is 512. The fourth-order valence-corrected chi connectivity index (χ4v) is 1.21. The van der Waals surface area contributed by atoms with Crippen LogP contribution < -0.4 is 5.32 Å². The van der Waals surface area contributed by atoms with E-state index in [2.05, 4.69) is 10.1 Å². The van der Waals surface area contributed by atoms with Gasteiger partial charge in [-0.15, -0.1) is 0 Å². The molecule has 0 spiro atoms. The Kier molecular flexibility index (Phi) is 4.53. The zero-order valence-corrected chi connectivity index (χ0v) is 9.79. The molecule has 0 fully saturated rings. The molecule has 0 unspecified atom stereocenters. The van der Waals surface area contributed by atoms with Crippen molar-refractivity contribution in [3.05, 3.63) is 41.1 Å². The number of halogens is 2. The number of rotatable bonds is 3. The standard InChI is InChI=1S/C12H11F2NO3/c1-7(16)15-11(12(17)18-2)6-8-3-4-9(13)10(14)5-8/h3-6H,1-2H3,(H,15,16). The van der Waals surface area contributed by atoms with Crippen molar-refractivity contribution in [3.63, 3.8) is 0 Å². The van der Waals surface area contributed by atoms with E-state index >= 15 is 0 Å². The van der Waals surface area contributed by atoms with Gasteiger partial charge in [-0.1, -0.05) is 6.07 Å². The molecule has 0 aliphatic carbocycles. The molecule has 0 aliphatic rings. The van der Waals surface area contributed by atoms with Gasteiger partial charge in [0, 0.05) is 6.92 Å². The number of benzene rings is 1. The van der Waals surface area contributed by atoms with Crippen molar-refractivity contribution >= 4 is 18.0 Å². The van der Waals surface area contributed by atoms with Gasteiger partial charge in [0.1, 0.15) is 5.70 Å². The van der Waals surface area contributed by atoms with Crippen LogP contribution in [0, 0.1) is 11.6 Å². The van der Waals surface area contributed by atoms with Gasteiger partial charge >= 0.3 is 5.97 Å².